The third kappa shape index (κ3) is 2.07. The van der Waals surface area contributed by atoms with E-state index in [0.717, 1.165) is 12.3 Å². The molecule has 2 aliphatic carbocycles. The lowest BCUT2D eigenvalue weighted by atomic mass is 9.88. The average molecular weight is 268 g/mol. The standard InChI is InChI=1S/C18H22NO/c1-3-9-17-14(6-1)12-15-7-2-4-10-18(15)19(17)13-16-8-5-11-20-16/h5,8,11-12H,1-4,6-7,9-10,13H2/q+1. The minimum absolute atomic E-state index is 0.915. The van der Waals surface area contributed by atoms with Crippen molar-refractivity contribution in [2.24, 2.45) is 0 Å². The molecule has 0 aliphatic heterocycles. The van der Waals surface area contributed by atoms with Gasteiger partial charge in [-0.25, -0.2) is 0 Å². The van der Waals surface area contributed by atoms with Crippen molar-refractivity contribution in [3.8, 4) is 0 Å². The van der Waals surface area contributed by atoms with E-state index in [1.54, 1.807) is 28.8 Å². The predicted octanol–water partition coefficient (Wildman–Crippen LogP) is 3.37. The summed E-state index contributed by atoms with van der Waals surface area (Å²) in [4.78, 5) is 0. The molecular formula is C18H22NO+. The van der Waals surface area contributed by atoms with Gasteiger partial charge in [0.1, 0.15) is 0 Å². The number of rotatable bonds is 2. The first-order chi connectivity index (χ1) is 9.92. The fourth-order valence-electron chi connectivity index (χ4n) is 3.88. The van der Waals surface area contributed by atoms with Crippen molar-refractivity contribution in [2.45, 2.75) is 57.9 Å². The molecule has 0 saturated carbocycles. The van der Waals surface area contributed by atoms with E-state index in [0.29, 0.717) is 0 Å². The number of pyridine rings is 1. The van der Waals surface area contributed by atoms with E-state index in [1.165, 1.54) is 51.4 Å². The minimum Gasteiger partial charge on any atom is -0.463 e. The predicted molar refractivity (Wildman–Crippen MR) is 77.7 cm³/mol. The Morgan fingerprint density at radius 3 is 2.15 bits per heavy atom. The largest absolute Gasteiger partial charge is 0.463 e. The van der Waals surface area contributed by atoms with Crippen LogP contribution in [0.5, 0.6) is 0 Å². The second-order valence-corrected chi connectivity index (χ2v) is 6.17. The van der Waals surface area contributed by atoms with Crippen LogP contribution in [0.15, 0.2) is 28.9 Å². The van der Waals surface area contributed by atoms with Gasteiger partial charge in [0.15, 0.2) is 17.1 Å². The molecule has 0 fully saturated rings. The zero-order valence-corrected chi connectivity index (χ0v) is 12.0. The lowest BCUT2D eigenvalue weighted by molar-refractivity contribution is -0.705. The molecule has 0 amide bonds. The highest BCUT2D eigenvalue weighted by Crippen LogP contribution is 2.26. The summed E-state index contributed by atoms with van der Waals surface area (Å²) in [6, 6.07) is 6.61. The lowest BCUT2D eigenvalue weighted by Gasteiger charge is -2.21. The third-order valence-electron chi connectivity index (χ3n) is 4.85. The van der Waals surface area contributed by atoms with E-state index < -0.39 is 0 Å². The molecule has 0 N–H and O–H groups in total. The third-order valence-corrected chi connectivity index (χ3v) is 4.85. The average Bonchev–Trinajstić information content (AvgIpc) is 3.00. The van der Waals surface area contributed by atoms with Gasteiger partial charge >= 0.3 is 0 Å². The van der Waals surface area contributed by atoms with E-state index in [2.05, 4.69) is 16.7 Å². The van der Waals surface area contributed by atoms with E-state index in [4.69, 9.17) is 4.42 Å². The molecule has 0 bridgehead atoms. The Balaban J connectivity index is 1.84. The van der Waals surface area contributed by atoms with Crippen LogP contribution in [0.2, 0.25) is 0 Å². The Morgan fingerprint density at radius 2 is 1.55 bits per heavy atom. The number of nitrogens with zero attached hydrogens (tertiary/aromatic N) is 1. The molecule has 2 heterocycles. The highest BCUT2D eigenvalue weighted by atomic mass is 16.3. The Hall–Kier alpha value is -1.57. The van der Waals surface area contributed by atoms with E-state index in [1.807, 2.05) is 6.07 Å². The maximum absolute atomic E-state index is 5.60. The second kappa shape index (κ2) is 5.08. The minimum atomic E-state index is 0.915. The summed E-state index contributed by atoms with van der Waals surface area (Å²) < 4.78 is 8.18. The number of hydrogen-bond acceptors (Lipinski definition) is 1. The second-order valence-electron chi connectivity index (χ2n) is 6.17. The van der Waals surface area contributed by atoms with Crippen molar-refractivity contribution < 1.29 is 8.98 Å². The van der Waals surface area contributed by atoms with Crippen LogP contribution in [-0.2, 0) is 32.2 Å². The molecule has 2 aromatic rings. The van der Waals surface area contributed by atoms with Crippen molar-refractivity contribution in [3.63, 3.8) is 0 Å². The fourth-order valence-corrected chi connectivity index (χ4v) is 3.88. The van der Waals surface area contributed by atoms with Crippen LogP contribution >= 0.6 is 0 Å². The number of aryl methyl sites for hydroxylation is 2. The molecule has 0 atom stereocenters. The maximum Gasteiger partial charge on any atom is 0.206 e. The van der Waals surface area contributed by atoms with Crippen molar-refractivity contribution in [3.05, 3.63) is 52.7 Å². The number of hydrogen-bond donors (Lipinski definition) is 0. The molecule has 0 saturated heterocycles. The van der Waals surface area contributed by atoms with Gasteiger partial charge in [0, 0.05) is 24.0 Å². The Bertz CT molecular complexity index is 579. The molecule has 0 aromatic carbocycles. The Kier molecular flexibility index (Phi) is 3.10. The van der Waals surface area contributed by atoms with E-state index in [-0.39, 0.29) is 0 Å². The first-order valence-electron chi connectivity index (χ1n) is 8.00. The maximum atomic E-state index is 5.60. The van der Waals surface area contributed by atoms with Crippen molar-refractivity contribution in [1.82, 2.24) is 0 Å². The van der Waals surface area contributed by atoms with Gasteiger partial charge in [-0.05, 0) is 56.7 Å². The van der Waals surface area contributed by atoms with Gasteiger partial charge in [-0.2, -0.15) is 4.57 Å². The zero-order valence-electron chi connectivity index (χ0n) is 12.0. The number of furan rings is 1. The van der Waals surface area contributed by atoms with Crippen molar-refractivity contribution in [1.29, 1.82) is 0 Å². The quantitative estimate of drug-likeness (QED) is 0.763. The molecule has 0 spiro atoms. The molecule has 2 aliphatic rings. The van der Waals surface area contributed by atoms with Gasteiger partial charge in [-0.3, -0.25) is 0 Å². The molecule has 0 unspecified atom stereocenters. The summed E-state index contributed by atoms with van der Waals surface area (Å²) in [7, 11) is 0. The molecule has 2 aromatic heterocycles. The van der Waals surface area contributed by atoms with Crippen LogP contribution in [-0.4, -0.2) is 0 Å². The summed E-state index contributed by atoms with van der Waals surface area (Å²) in [6.45, 7) is 0.915. The van der Waals surface area contributed by atoms with Gasteiger partial charge in [0.2, 0.25) is 6.54 Å². The summed E-state index contributed by atoms with van der Waals surface area (Å²) >= 11 is 0. The topological polar surface area (TPSA) is 17.0 Å². The molecule has 2 nitrogen and oxygen atoms in total. The normalized spacial score (nSPS) is 17.6. The summed E-state index contributed by atoms with van der Waals surface area (Å²) in [6.07, 6.45) is 12.2. The van der Waals surface area contributed by atoms with Crippen LogP contribution in [0, 0.1) is 0 Å². The highest BCUT2D eigenvalue weighted by molar-refractivity contribution is 5.29. The van der Waals surface area contributed by atoms with Crippen molar-refractivity contribution >= 4 is 0 Å². The van der Waals surface area contributed by atoms with E-state index >= 15 is 0 Å². The Labute approximate surface area is 120 Å². The zero-order chi connectivity index (χ0) is 13.4. The lowest BCUT2D eigenvalue weighted by Crippen LogP contribution is -2.46. The molecule has 2 heteroatoms. The van der Waals surface area contributed by atoms with Crippen LogP contribution < -0.4 is 4.57 Å². The first-order valence-corrected chi connectivity index (χ1v) is 8.00. The fraction of sp³-hybridized carbons (Fsp3) is 0.500. The van der Waals surface area contributed by atoms with Gasteiger partial charge in [0.05, 0.1) is 6.26 Å². The Morgan fingerprint density at radius 1 is 0.900 bits per heavy atom. The van der Waals surface area contributed by atoms with Gasteiger partial charge in [-0.15, -0.1) is 0 Å². The molecule has 104 valence electrons. The smallest absolute Gasteiger partial charge is 0.206 e. The number of aromatic nitrogens is 1. The van der Waals surface area contributed by atoms with Gasteiger partial charge < -0.3 is 4.42 Å². The molecule has 0 radical (unpaired) electrons. The van der Waals surface area contributed by atoms with Crippen LogP contribution in [0.25, 0.3) is 0 Å². The highest BCUT2D eigenvalue weighted by Gasteiger charge is 2.29. The van der Waals surface area contributed by atoms with Crippen LogP contribution in [0.1, 0.15) is 54.0 Å². The summed E-state index contributed by atoms with van der Waals surface area (Å²) in [5.74, 6) is 1.08. The molecule has 4 rings (SSSR count). The SMILES string of the molecule is c1coc(C[n+]2c3c(cc4c2CCCC4)CCCC3)c1. The van der Waals surface area contributed by atoms with E-state index in [9.17, 15) is 0 Å². The van der Waals surface area contributed by atoms with Gasteiger partial charge in [-0.1, -0.05) is 0 Å². The first kappa shape index (κ1) is 12.2. The monoisotopic (exact) mass is 268 g/mol. The summed E-state index contributed by atoms with van der Waals surface area (Å²) in [5, 5.41) is 0. The van der Waals surface area contributed by atoms with Gasteiger partial charge in [0.25, 0.3) is 0 Å². The van der Waals surface area contributed by atoms with Crippen LogP contribution in [0.4, 0.5) is 0 Å². The number of fused-ring (bicyclic) bond motifs is 2. The molecule has 20 heavy (non-hydrogen) atoms. The molecular weight excluding hydrogens is 246 g/mol. The summed E-state index contributed by atoms with van der Waals surface area (Å²) in [5.41, 5.74) is 6.36. The van der Waals surface area contributed by atoms with Crippen LogP contribution in [0.3, 0.4) is 0 Å². The van der Waals surface area contributed by atoms with Crippen molar-refractivity contribution in [2.75, 3.05) is 0 Å².